The van der Waals surface area contributed by atoms with Gasteiger partial charge in [0.25, 0.3) is 5.91 Å². The van der Waals surface area contributed by atoms with Crippen LogP contribution in [0.2, 0.25) is 0 Å². The average Bonchev–Trinajstić information content (AvgIpc) is 2.68. The van der Waals surface area contributed by atoms with Gasteiger partial charge in [-0.25, -0.2) is 4.98 Å². The Bertz CT molecular complexity index is 841. The number of aromatic nitrogens is 3. The fourth-order valence-electron chi connectivity index (χ4n) is 2.12. The van der Waals surface area contributed by atoms with Crippen LogP contribution in [0.25, 0.3) is 0 Å². The number of nitrogens with one attached hydrogen (secondary N) is 1. The van der Waals surface area contributed by atoms with E-state index in [1.165, 1.54) is 18.6 Å². The van der Waals surface area contributed by atoms with Crippen LogP contribution in [0.4, 0.5) is 5.69 Å². The number of carbonyl (C=O) groups excluding carboxylic acids is 1. The molecule has 126 valence electrons. The summed E-state index contributed by atoms with van der Waals surface area (Å²) >= 11 is 0. The third kappa shape index (κ3) is 4.29. The van der Waals surface area contributed by atoms with E-state index in [2.05, 4.69) is 20.3 Å². The van der Waals surface area contributed by atoms with Crippen molar-refractivity contribution in [3.05, 3.63) is 72.6 Å². The topological polar surface area (TPSA) is 86.2 Å². The van der Waals surface area contributed by atoms with E-state index < -0.39 is 0 Å². The highest BCUT2D eigenvalue weighted by Crippen LogP contribution is 2.31. The third-order valence-corrected chi connectivity index (χ3v) is 3.33. The summed E-state index contributed by atoms with van der Waals surface area (Å²) in [6.45, 7) is 0.339. The van der Waals surface area contributed by atoms with Gasteiger partial charge in [0, 0.05) is 42.1 Å². The number of amides is 1. The molecule has 3 aromatic rings. The lowest BCUT2D eigenvalue weighted by molar-refractivity contribution is 0.102. The summed E-state index contributed by atoms with van der Waals surface area (Å²) in [5, 5.41) is 2.76. The minimum Gasteiger partial charge on any atom is -0.493 e. The summed E-state index contributed by atoms with van der Waals surface area (Å²) < 4.78 is 11.1. The Morgan fingerprint density at radius 3 is 2.68 bits per heavy atom. The van der Waals surface area contributed by atoms with Crippen molar-refractivity contribution in [2.24, 2.45) is 0 Å². The van der Waals surface area contributed by atoms with E-state index in [4.69, 9.17) is 9.47 Å². The molecule has 0 aliphatic carbocycles. The Hall–Kier alpha value is -3.48. The zero-order valence-electron chi connectivity index (χ0n) is 13.5. The molecule has 0 atom stereocenters. The predicted molar refractivity (Wildman–Crippen MR) is 91.5 cm³/mol. The molecule has 7 heteroatoms. The fourth-order valence-corrected chi connectivity index (χ4v) is 2.12. The number of hydrogen-bond donors (Lipinski definition) is 1. The first-order valence-corrected chi connectivity index (χ1v) is 7.53. The number of ether oxygens (including phenoxy) is 2. The van der Waals surface area contributed by atoms with E-state index in [-0.39, 0.29) is 11.6 Å². The Balaban J connectivity index is 1.74. The smallest absolute Gasteiger partial charge is 0.275 e. The molecule has 0 unspecified atom stereocenters. The summed E-state index contributed by atoms with van der Waals surface area (Å²) in [6, 6.07) is 8.91. The number of methoxy groups -OCH3 is 1. The van der Waals surface area contributed by atoms with Crippen LogP contribution in [-0.2, 0) is 6.61 Å². The highest BCUT2D eigenvalue weighted by molar-refractivity contribution is 6.02. The number of pyridine rings is 1. The van der Waals surface area contributed by atoms with Gasteiger partial charge in [-0.2, -0.15) is 0 Å². The molecule has 0 aliphatic heterocycles. The minimum absolute atomic E-state index is 0.233. The van der Waals surface area contributed by atoms with Gasteiger partial charge in [-0.3, -0.25) is 14.8 Å². The molecule has 0 saturated carbocycles. The summed E-state index contributed by atoms with van der Waals surface area (Å²) in [4.78, 5) is 24.1. The Kier molecular flexibility index (Phi) is 5.16. The van der Waals surface area contributed by atoms with Gasteiger partial charge in [-0.15, -0.1) is 0 Å². The van der Waals surface area contributed by atoms with Gasteiger partial charge in [0.1, 0.15) is 12.3 Å². The second kappa shape index (κ2) is 7.87. The molecule has 7 nitrogen and oxygen atoms in total. The van der Waals surface area contributed by atoms with Crippen molar-refractivity contribution in [1.82, 2.24) is 15.0 Å². The highest BCUT2D eigenvalue weighted by Gasteiger charge is 2.11. The van der Waals surface area contributed by atoms with Crippen molar-refractivity contribution in [2.75, 3.05) is 12.4 Å². The van der Waals surface area contributed by atoms with E-state index in [0.29, 0.717) is 23.8 Å². The summed E-state index contributed by atoms with van der Waals surface area (Å²) in [7, 11) is 1.56. The molecule has 2 aromatic heterocycles. The van der Waals surface area contributed by atoms with Gasteiger partial charge in [0.05, 0.1) is 13.3 Å². The predicted octanol–water partition coefficient (Wildman–Crippen LogP) is 2.71. The van der Waals surface area contributed by atoms with Crippen molar-refractivity contribution in [1.29, 1.82) is 0 Å². The van der Waals surface area contributed by atoms with Crippen LogP contribution in [0.1, 0.15) is 16.1 Å². The van der Waals surface area contributed by atoms with Crippen LogP contribution in [-0.4, -0.2) is 28.0 Å². The van der Waals surface area contributed by atoms with E-state index in [0.717, 1.165) is 5.56 Å². The normalized spacial score (nSPS) is 10.1. The zero-order valence-corrected chi connectivity index (χ0v) is 13.5. The number of anilines is 1. The van der Waals surface area contributed by atoms with Crippen LogP contribution >= 0.6 is 0 Å². The van der Waals surface area contributed by atoms with Gasteiger partial charge in [-0.05, 0) is 18.2 Å². The van der Waals surface area contributed by atoms with E-state index in [1.54, 1.807) is 37.7 Å². The van der Waals surface area contributed by atoms with Gasteiger partial charge < -0.3 is 14.8 Å². The zero-order chi connectivity index (χ0) is 17.5. The van der Waals surface area contributed by atoms with Crippen molar-refractivity contribution in [3.63, 3.8) is 0 Å². The third-order valence-electron chi connectivity index (χ3n) is 3.33. The summed E-state index contributed by atoms with van der Waals surface area (Å²) in [6.07, 6.45) is 7.80. The van der Waals surface area contributed by atoms with Crippen molar-refractivity contribution >= 4 is 11.6 Å². The second-order valence-electron chi connectivity index (χ2n) is 5.06. The number of benzene rings is 1. The lowest BCUT2D eigenvalue weighted by Gasteiger charge is -2.13. The number of hydrogen-bond acceptors (Lipinski definition) is 6. The number of carbonyl (C=O) groups is 1. The molecule has 0 radical (unpaired) electrons. The monoisotopic (exact) mass is 336 g/mol. The van der Waals surface area contributed by atoms with Crippen molar-refractivity contribution < 1.29 is 14.3 Å². The van der Waals surface area contributed by atoms with Gasteiger partial charge in [0.2, 0.25) is 0 Å². The lowest BCUT2D eigenvalue weighted by Crippen LogP contribution is -2.13. The molecule has 1 amide bonds. The first-order chi connectivity index (χ1) is 12.3. The summed E-state index contributed by atoms with van der Waals surface area (Å²) in [5.41, 5.74) is 1.73. The van der Waals surface area contributed by atoms with Crippen molar-refractivity contribution in [2.45, 2.75) is 6.61 Å². The van der Waals surface area contributed by atoms with Crippen LogP contribution in [0.3, 0.4) is 0 Å². The fraction of sp³-hybridized carbons (Fsp3) is 0.111. The van der Waals surface area contributed by atoms with Crippen LogP contribution in [0.15, 0.2) is 61.3 Å². The molecular formula is C18H16N4O3. The molecule has 1 N–H and O–H groups in total. The van der Waals surface area contributed by atoms with E-state index >= 15 is 0 Å². The minimum atomic E-state index is -0.350. The molecule has 0 saturated heterocycles. The number of nitrogens with zero attached hydrogens (tertiary/aromatic N) is 3. The first kappa shape index (κ1) is 16.4. The van der Waals surface area contributed by atoms with E-state index in [1.807, 2.05) is 12.1 Å². The van der Waals surface area contributed by atoms with Crippen LogP contribution in [0.5, 0.6) is 11.5 Å². The van der Waals surface area contributed by atoms with Gasteiger partial charge in [-0.1, -0.05) is 6.07 Å². The average molecular weight is 336 g/mol. The maximum atomic E-state index is 12.2. The Morgan fingerprint density at radius 1 is 1.08 bits per heavy atom. The molecule has 3 rings (SSSR count). The Labute approximate surface area is 144 Å². The molecule has 25 heavy (non-hydrogen) atoms. The quantitative estimate of drug-likeness (QED) is 0.745. The van der Waals surface area contributed by atoms with Crippen LogP contribution in [0, 0.1) is 0 Å². The maximum Gasteiger partial charge on any atom is 0.275 e. The lowest BCUT2D eigenvalue weighted by atomic mass is 10.2. The molecular weight excluding hydrogens is 320 g/mol. The maximum absolute atomic E-state index is 12.2. The molecule has 0 bridgehead atoms. The molecule has 0 spiro atoms. The van der Waals surface area contributed by atoms with Gasteiger partial charge >= 0.3 is 0 Å². The molecule has 2 heterocycles. The molecule has 1 aromatic carbocycles. The standard InChI is InChI=1S/C18H16N4O3/c1-24-16-5-4-14(22-18(23)15-11-20-7-8-21-15)9-17(16)25-12-13-3-2-6-19-10-13/h2-11H,12H2,1H3,(H,22,23). The SMILES string of the molecule is COc1ccc(NC(=O)c2cnccn2)cc1OCc1cccnc1. The van der Waals surface area contributed by atoms with Gasteiger partial charge in [0.15, 0.2) is 11.5 Å². The molecule has 0 aliphatic rings. The second-order valence-corrected chi connectivity index (χ2v) is 5.06. The van der Waals surface area contributed by atoms with E-state index in [9.17, 15) is 4.79 Å². The number of rotatable bonds is 6. The first-order valence-electron chi connectivity index (χ1n) is 7.53. The molecule has 0 fully saturated rings. The summed E-state index contributed by atoms with van der Waals surface area (Å²) in [5.74, 6) is 0.737. The Morgan fingerprint density at radius 2 is 1.96 bits per heavy atom. The largest absolute Gasteiger partial charge is 0.493 e. The van der Waals surface area contributed by atoms with Crippen molar-refractivity contribution in [3.8, 4) is 11.5 Å². The highest BCUT2D eigenvalue weighted by atomic mass is 16.5. The van der Waals surface area contributed by atoms with Crippen LogP contribution < -0.4 is 14.8 Å².